The minimum atomic E-state index is 0.260. The molecule has 0 bridgehead atoms. The van der Waals surface area contributed by atoms with Crippen molar-refractivity contribution in [3.8, 4) is 0 Å². The van der Waals surface area contributed by atoms with Crippen LogP contribution in [0.25, 0.3) is 0 Å². The van der Waals surface area contributed by atoms with Crippen molar-refractivity contribution < 1.29 is 4.74 Å². The summed E-state index contributed by atoms with van der Waals surface area (Å²) in [4.78, 5) is 13.3. The predicted molar refractivity (Wildman–Crippen MR) is 74.5 cm³/mol. The van der Waals surface area contributed by atoms with Crippen molar-refractivity contribution in [3.63, 3.8) is 0 Å². The highest BCUT2D eigenvalue weighted by atomic mass is 16.5. The minimum Gasteiger partial charge on any atom is -0.378 e. The molecule has 0 aliphatic carbocycles. The third kappa shape index (κ3) is 2.96. The van der Waals surface area contributed by atoms with Crippen LogP contribution in [0.1, 0.15) is 12.8 Å². The smallest absolute Gasteiger partial charge is 0.134 e. The number of nitrogens with two attached hydrogens (primary N) is 1. The van der Waals surface area contributed by atoms with Gasteiger partial charge >= 0.3 is 0 Å². The second-order valence-corrected chi connectivity index (χ2v) is 5.18. The fourth-order valence-electron chi connectivity index (χ4n) is 2.69. The molecule has 0 aromatic carbocycles. The van der Waals surface area contributed by atoms with Crippen molar-refractivity contribution in [2.24, 2.45) is 5.73 Å². The van der Waals surface area contributed by atoms with E-state index in [2.05, 4.69) is 25.8 Å². The maximum atomic E-state index is 6.03. The van der Waals surface area contributed by atoms with E-state index in [1.54, 1.807) is 6.33 Å². The van der Waals surface area contributed by atoms with E-state index in [9.17, 15) is 0 Å². The molecule has 2 fully saturated rings. The van der Waals surface area contributed by atoms with E-state index in [0.717, 1.165) is 63.9 Å². The zero-order chi connectivity index (χ0) is 13.1. The lowest BCUT2D eigenvalue weighted by atomic mass is 10.1. The first-order chi connectivity index (χ1) is 9.33. The van der Waals surface area contributed by atoms with E-state index in [-0.39, 0.29) is 6.04 Å². The Morgan fingerprint density at radius 2 is 1.84 bits per heavy atom. The van der Waals surface area contributed by atoms with Gasteiger partial charge in [-0.15, -0.1) is 0 Å². The van der Waals surface area contributed by atoms with Crippen LogP contribution in [0, 0.1) is 0 Å². The summed E-state index contributed by atoms with van der Waals surface area (Å²) in [5.74, 6) is 1.99. The first kappa shape index (κ1) is 12.6. The Morgan fingerprint density at radius 3 is 2.58 bits per heavy atom. The molecule has 2 aliphatic rings. The van der Waals surface area contributed by atoms with Gasteiger partial charge in [0.05, 0.1) is 13.2 Å². The van der Waals surface area contributed by atoms with Gasteiger partial charge in [-0.3, -0.25) is 0 Å². The van der Waals surface area contributed by atoms with Crippen LogP contribution in [-0.2, 0) is 4.74 Å². The van der Waals surface area contributed by atoms with E-state index >= 15 is 0 Å². The average Bonchev–Trinajstić information content (AvgIpc) is 2.48. The zero-order valence-electron chi connectivity index (χ0n) is 11.2. The Morgan fingerprint density at radius 1 is 1.11 bits per heavy atom. The molecule has 6 heteroatoms. The minimum absolute atomic E-state index is 0.260. The van der Waals surface area contributed by atoms with Crippen LogP contribution in [0.4, 0.5) is 11.6 Å². The molecule has 0 spiro atoms. The SMILES string of the molecule is N[C@H]1CCCN(c2cc(N3CCOCC3)ncn2)C1. The van der Waals surface area contributed by atoms with Crippen LogP contribution in [-0.4, -0.2) is 55.4 Å². The summed E-state index contributed by atoms with van der Waals surface area (Å²) in [5, 5.41) is 0. The molecule has 1 aromatic heterocycles. The number of aromatic nitrogens is 2. The molecule has 2 N–H and O–H groups in total. The molecule has 6 nitrogen and oxygen atoms in total. The van der Waals surface area contributed by atoms with Crippen molar-refractivity contribution in [1.82, 2.24) is 9.97 Å². The number of rotatable bonds is 2. The molecule has 1 atom stereocenters. The van der Waals surface area contributed by atoms with Crippen molar-refractivity contribution in [1.29, 1.82) is 0 Å². The molecule has 0 amide bonds. The standard InChI is InChI=1S/C13H21N5O/c14-11-2-1-3-18(9-11)13-8-12(15-10-16-13)17-4-6-19-7-5-17/h8,10-11H,1-7,9,14H2/t11-/m0/s1. The summed E-state index contributed by atoms with van der Waals surface area (Å²) in [7, 11) is 0. The lowest BCUT2D eigenvalue weighted by Gasteiger charge is -2.33. The Hall–Kier alpha value is -1.40. The molecule has 104 valence electrons. The normalized spacial score (nSPS) is 24.6. The van der Waals surface area contributed by atoms with Gasteiger partial charge in [0.1, 0.15) is 18.0 Å². The summed E-state index contributed by atoms with van der Waals surface area (Å²) >= 11 is 0. The van der Waals surface area contributed by atoms with E-state index in [0.29, 0.717) is 0 Å². The molecule has 0 unspecified atom stereocenters. The highest BCUT2D eigenvalue weighted by molar-refractivity contribution is 5.50. The molecule has 2 saturated heterocycles. The van der Waals surface area contributed by atoms with Gasteiger partial charge in [-0.25, -0.2) is 9.97 Å². The van der Waals surface area contributed by atoms with E-state index in [1.807, 2.05) is 0 Å². The quantitative estimate of drug-likeness (QED) is 0.824. The maximum absolute atomic E-state index is 6.03. The van der Waals surface area contributed by atoms with Crippen LogP contribution < -0.4 is 15.5 Å². The van der Waals surface area contributed by atoms with Crippen LogP contribution in [0.5, 0.6) is 0 Å². The number of anilines is 2. The highest BCUT2D eigenvalue weighted by Crippen LogP contribution is 2.21. The third-order valence-corrected chi connectivity index (χ3v) is 3.76. The Labute approximate surface area is 113 Å². The molecule has 19 heavy (non-hydrogen) atoms. The van der Waals surface area contributed by atoms with Crippen LogP contribution in [0.15, 0.2) is 12.4 Å². The molecule has 3 rings (SSSR count). The van der Waals surface area contributed by atoms with Gasteiger partial charge in [0, 0.05) is 38.3 Å². The topological polar surface area (TPSA) is 67.5 Å². The zero-order valence-corrected chi connectivity index (χ0v) is 11.2. The number of hydrogen-bond donors (Lipinski definition) is 1. The van der Waals surface area contributed by atoms with Crippen molar-refractivity contribution in [2.75, 3.05) is 49.2 Å². The molecular weight excluding hydrogens is 242 g/mol. The summed E-state index contributed by atoms with van der Waals surface area (Å²) in [6.07, 6.45) is 3.90. The summed E-state index contributed by atoms with van der Waals surface area (Å²) < 4.78 is 5.37. The number of piperidine rings is 1. The van der Waals surface area contributed by atoms with Crippen molar-refractivity contribution in [2.45, 2.75) is 18.9 Å². The summed E-state index contributed by atoms with van der Waals surface area (Å²) in [6.45, 7) is 5.26. The molecule has 0 saturated carbocycles. The lowest BCUT2D eigenvalue weighted by molar-refractivity contribution is 0.122. The first-order valence-corrected chi connectivity index (χ1v) is 6.98. The van der Waals surface area contributed by atoms with Crippen molar-refractivity contribution in [3.05, 3.63) is 12.4 Å². The van der Waals surface area contributed by atoms with Crippen molar-refractivity contribution >= 4 is 11.6 Å². The first-order valence-electron chi connectivity index (χ1n) is 6.98. The van der Waals surface area contributed by atoms with Gasteiger partial charge in [0.15, 0.2) is 0 Å². The molecule has 0 radical (unpaired) electrons. The Kier molecular flexibility index (Phi) is 3.79. The fourth-order valence-corrected chi connectivity index (χ4v) is 2.69. The van der Waals surface area contributed by atoms with Gasteiger partial charge in [0.2, 0.25) is 0 Å². The summed E-state index contributed by atoms with van der Waals surface area (Å²) in [6, 6.07) is 2.33. The van der Waals surface area contributed by atoms with Crippen LogP contribution in [0.3, 0.4) is 0 Å². The summed E-state index contributed by atoms with van der Waals surface area (Å²) in [5.41, 5.74) is 6.03. The van der Waals surface area contributed by atoms with E-state index in [1.165, 1.54) is 0 Å². The number of hydrogen-bond acceptors (Lipinski definition) is 6. The second-order valence-electron chi connectivity index (χ2n) is 5.18. The number of ether oxygens (including phenoxy) is 1. The lowest BCUT2D eigenvalue weighted by Crippen LogP contribution is -2.43. The van der Waals surface area contributed by atoms with Gasteiger partial charge in [0.25, 0.3) is 0 Å². The molecule has 2 aliphatic heterocycles. The van der Waals surface area contributed by atoms with Crippen LogP contribution in [0.2, 0.25) is 0 Å². The maximum Gasteiger partial charge on any atom is 0.134 e. The van der Waals surface area contributed by atoms with Gasteiger partial charge < -0.3 is 20.3 Å². The Balaban J connectivity index is 1.75. The van der Waals surface area contributed by atoms with E-state index in [4.69, 9.17) is 10.5 Å². The van der Waals surface area contributed by atoms with Crippen LogP contribution >= 0.6 is 0 Å². The molecule has 3 heterocycles. The van der Waals surface area contributed by atoms with E-state index < -0.39 is 0 Å². The predicted octanol–water partition coefficient (Wildman–Crippen LogP) is 0.241. The van der Waals surface area contributed by atoms with Gasteiger partial charge in [-0.2, -0.15) is 0 Å². The number of morpholine rings is 1. The highest BCUT2D eigenvalue weighted by Gasteiger charge is 2.19. The third-order valence-electron chi connectivity index (χ3n) is 3.76. The second kappa shape index (κ2) is 5.71. The molecular formula is C13H21N5O. The monoisotopic (exact) mass is 263 g/mol. The fraction of sp³-hybridized carbons (Fsp3) is 0.692. The number of nitrogens with zero attached hydrogens (tertiary/aromatic N) is 4. The average molecular weight is 263 g/mol. The molecule has 1 aromatic rings. The Bertz CT molecular complexity index is 421. The largest absolute Gasteiger partial charge is 0.378 e. The van der Waals surface area contributed by atoms with Gasteiger partial charge in [-0.1, -0.05) is 0 Å². The van der Waals surface area contributed by atoms with Gasteiger partial charge in [-0.05, 0) is 12.8 Å².